The van der Waals surface area contributed by atoms with E-state index in [1.54, 1.807) is 7.11 Å². The fourth-order valence-electron chi connectivity index (χ4n) is 2.69. The van der Waals surface area contributed by atoms with E-state index in [0.717, 1.165) is 49.4 Å². The molecule has 0 aromatic heterocycles. The number of likely N-dealkylation sites (tertiary alicyclic amines) is 1. The van der Waals surface area contributed by atoms with Crippen molar-refractivity contribution in [3.8, 4) is 5.75 Å². The molecule has 100 valence electrons. The number of aryl methyl sites for hydroxylation is 1. The minimum Gasteiger partial charge on any atom is -0.496 e. The Kier molecular flexibility index (Phi) is 3.93. The number of hydrogen-bond acceptors (Lipinski definition) is 3. The van der Waals surface area contributed by atoms with Gasteiger partial charge in [0.2, 0.25) is 0 Å². The molecule has 1 aliphatic heterocycles. The molecule has 0 amide bonds. The highest BCUT2D eigenvalue weighted by atomic mass is 16.5. The van der Waals surface area contributed by atoms with E-state index in [1.165, 1.54) is 0 Å². The van der Waals surface area contributed by atoms with Crippen molar-refractivity contribution in [3.05, 3.63) is 29.3 Å². The van der Waals surface area contributed by atoms with Gasteiger partial charge in [-0.1, -0.05) is 18.6 Å². The SMILES string of the molecule is CCN1CCC(O)(c2cc(C)ccc2OC)CC1. The molecular formula is C15H23NO2. The molecule has 1 N–H and O–H groups in total. The monoisotopic (exact) mass is 249 g/mol. The van der Waals surface area contributed by atoms with Crippen LogP contribution in [0, 0.1) is 6.92 Å². The molecule has 1 aliphatic rings. The van der Waals surface area contributed by atoms with Gasteiger partial charge in [0.25, 0.3) is 0 Å². The third kappa shape index (κ3) is 2.52. The first-order chi connectivity index (χ1) is 8.59. The minimum absolute atomic E-state index is 0.733. The third-order valence-corrected chi connectivity index (χ3v) is 3.99. The Balaban J connectivity index is 2.27. The third-order valence-electron chi connectivity index (χ3n) is 3.99. The smallest absolute Gasteiger partial charge is 0.124 e. The van der Waals surface area contributed by atoms with Crippen molar-refractivity contribution < 1.29 is 9.84 Å². The molecule has 1 fully saturated rings. The predicted octanol–water partition coefficient (Wildman–Crippen LogP) is 2.31. The van der Waals surface area contributed by atoms with E-state index in [2.05, 4.69) is 17.9 Å². The lowest BCUT2D eigenvalue weighted by Gasteiger charge is -2.38. The zero-order chi connectivity index (χ0) is 13.2. The van der Waals surface area contributed by atoms with E-state index >= 15 is 0 Å². The quantitative estimate of drug-likeness (QED) is 0.892. The van der Waals surface area contributed by atoms with Crippen molar-refractivity contribution >= 4 is 0 Å². The number of methoxy groups -OCH3 is 1. The molecule has 0 unspecified atom stereocenters. The molecule has 1 aromatic rings. The summed E-state index contributed by atoms with van der Waals surface area (Å²) in [4.78, 5) is 2.37. The van der Waals surface area contributed by atoms with E-state index < -0.39 is 5.60 Å². The first kappa shape index (κ1) is 13.4. The van der Waals surface area contributed by atoms with Gasteiger partial charge in [0.1, 0.15) is 5.75 Å². The number of benzene rings is 1. The maximum absolute atomic E-state index is 10.9. The summed E-state index contributed by atoms with van der Waals surface area (Å²) in [7, 11) is 1.67. The standard InChI is InChI=1S/C15H23NO2/c1-4-16-9-7-15(17,8-10-16)13-11-12(2)5-6-14(13)18-3/h5-6,11,17H,4,7-10H2,1-3H3. The Morgan fingerprint density at radius 1 is 1.33 bits per heavy atom. The van der Waals surface area contributed by atoms with Crippen molar-refractivity contribution in [2.45, 2.75) is 32.3 Å². The van der Waals surface area contributed by atoms with E-state index in [9.17, 15) is 5.11 Å². The summed E-state index contributed by atoms with van der Waals surface area (Å²) >= 11 is 0. The van der Waals surface area contributed by atoms with Gasteiger partial charge in [-0.15, -0.1) is 0 Å². The van der Waals surface area contributed by atoms with Crippen LogP contribution in [0.5, 0.6) is 5.75 Å². The molecule has 0 atom stereocenters. The lowest BCUT2D eigenvalue weighted by Crippen LogP contribution is -2.42. The first-order valence-corrected chi connectivity index (χ1v) is 6.69. The van der Waals surface area contributed by atoms with Crippen LogP contribution in [-0.4, -0.2) is 36.8 Å². The maximum Gasteiger partial charge on any atom is 0.124 e. The number of hydrogen-bond donors (Lipinski definition) is 1. The second kappa shape index (κ2) is 5.29. The van der Waals surface area contributed by atoms with E-state index in [1.807, 2.05) is 19.1 Å². The molecule has 3 nitrogen and oxygen atoms in total. The van der Waals surface area contributed by atoms with Crippen molar-refractivity contribution in [2.24, 2.45) is 0 Å². The summed E-state index contributed by atoms with van der Waals surface area (Å²) in [5.74, 6) is 0.799. The van der Waals surface area contributed by atoms with E-state index in [4.69, 9.17) is 4.74 Å². The van der Waals surface area contributed by atoms with Gasteiger partial charge in [-0.25, -0.2) is 0 Å². The summed E-state index contributed by atoms with van der Waals surface area (Å²) in [6, 6.07) is 6.03. The molecule has 0 aliphatic carbocycles. The van der Waals surface area contributed by atoms with E-state index in [0.29, 0.717) is 0 Å². The van der Waals surface area contributed by atoms with Crippen LogP contribution in [0.2, 0.25) is 0 Å². The van der Waals surface area contributed by atoms with Crippen LogP contribution in [0.1, 0.15) is 30.9 Å². The molecule has 3 heteroatoms. The summed E-state index contributed by atoms with van der Waals surface area (Å²) in [6.45, 7) is 7.17. The second-order valence-corrected chi connectivity index (χ2v) is 5.17. The van der Waals surface area contributed by atoms with Crippen LogP contribution < -0.4 is 4.74 Å². The molecular weight excluding hydrogens is 226 g/mol. The molecule has 0 spiro atoms. The zero-order valence-electron chi connectivity index (χ0n) is 11.6. The summed E-state index contributed by atoms with van der Waals surface area (Å²) < 4.78 is 5.40. The molecule has 0 radical (unpaired) electrons. The normalized spacial score (nSPS) is 19.8. The zero-order valence-corrected chi connectivity index (χ0v) is 11.6. The van der Waals surface area contributed by atoms with Crippen LogP contribution in [0.3, 0.4) is 0 Å². The van der Waals surface area contributed by atoms with Crippen LogP contribution in [0.25, 0.3) is 0 Å². The molecule has 0 saturated carbocycles. The van der Waals surface area contributed by atoms with Crippen molar-refractivity contribution in [2.75, 3.05) is 26.7 Å². The lowest BCUT2D eigenvalue weighted by atomic mass is 9.83. The summed E-state index contributed by atoms with van der Waals surface area (Å²) in [5.41, 5.74) is 1.38. The molecule has 1 saturated heterocycles. The topological polar surface area (TPSA) is 32.7 Å². The van der Waals surface area contributed by atoms with Crippen LogP contribution in [0.15, 0.2) is 18.2 Å². The van der Waals surface area contributed by atoms with Crippen molar-refractivity contribution in [1.82, 2.24) is 4.90 Å². The van der Waals surface area contributed by atoms with Gasteiger partial charge in [0, 0.05) is 18.7 Å². The maximum atomic E-state index is 10.9. The highest BCUT2D eigenvalue weighted by molar-refractivity contribution is 5.41. The summed E-state index contributed by atoms with van der Waals surface area (Å²) in [5, 5.41) is 10.9. The van der Waals surface area contributed by atoms with Gasteiger partial charge < -0.3 is 14.7 Å². The number of rotatable bonds is 3. The molecule has 1 aromatic carbocycles. The van der Waals surface area contributed by atoms with Gasteiger partial charge in [0.15, 0.2) is 0 Å². The fourth-order valence-corrected chi connectivity index (χ4v) is 2.69. The number of aliphatic hydroxyl groups is 1. The van der Waals surface area contributed by atoms with Gasteiger partial charge in [-0.2, -0.15) is 0 Å². The number of piperidine rings is 1. The minimum atomic E-state index is -0.733. The highest BCUT2D eigenvalue weighted by Crippen LogP contribution is 2.38. The largest absolute Gasteiger partial charge is 0.496 e. The van der Waals surface area contributed by atoms with Crippen LogP contribution in [-0.2, 0) is 5.60 Å². The Hall–Kier alpha value is -1.06. The van der Waals surface area contributed by atoms with Gasteiger partial charge in [0.05, 0.1) is 12.7 Å². The summed E-state index contributed by atoms with van der Waals surface area (Å²) in [6.07, 6.45) is 1.56. The molecule has 1 heterocycles. The van der Waals surface area contributed by atoms with Crippen molar-refractivity contribution in [1.29, 1.82) is 0 Å². The second-order valence-electron chi connectivity index (χ2n) is 5.17. The first-order valence-electron chi connectivity index (χ1n) is 6.69. The predicted molar refractivity (Wildman–Crippen MR) is 73.0 cm³/mol. The Morgan fingerprint density at radius 3 is 2.56 bits per heavy atom. The fraction of sp³-hybridized carbons (Fsp3) is 0.600. The lowest BCUT2D eigenvalue weighted by molar-refractivity contribution is -0.0262. The molecule has 2 rings (SSSR count). The average Bonchev–Trinajstić information content (AvgIpc) is 2.39. The molecule has 0 bridgehead atoms. The Bertz CT molecular complexity index is 409. The van der Waals surface area contributed by atoms with Gasteiger partial charge in [-0.3, -0.25) is 0 Å². The van der Waals surface area contributed by atoms with Gasteiger partial charge >= 0.3 is 0 Å². The Morgan fingerprint density at radius 2 is 2.00 bits per heavy atom. The van der Waals surface area contributed by atoms with Crippen molar-refractivity contribution in [3.63, 3.8) is 0 Å². The van der Waals surface area contributed by atoms with Crippen LogP contribution in [0.4, 0.5) is 0 Å². The number of ether oxygens (including phenoxy) is 1. The van der Waals surface area contributed by atoms with Gasteiger partial charge in [-0.05, 0) is 38.4 Å². The Labute approximate surface area is 109 Å². The van der Waals surface area contributed by atoms with Crippen LogP contribution >= 0.6 is 0 Å². The molecule has 18 heavy (non-hydrogen) atoms. The number of nitrogens with zero attached hydrogens (tertiary/aromatic N) is 1. The van der Waals surface area contributed by atoms with E-state index in [-0.39, 0.29) is 0 Å². The average molecular weight is 249 g/mol. The highest BCUT2D eigenvalue weighted by Gasteiger charge is 2.35.